The number of ketones is 1. The van der Waals surface area contributed by atoms with E-state index in [1.165, 1.54) is 24.8 Å². The smallest absolute Gasteiger partial charge is 0.363 e. The number of anilines is 1. The molecule has 2 N–H and O–H groups in total. The predicted octanol–water partition coefficient (Wildman–Crippen LogP) is 5.24. The fourth-order valence-electron chi connectivity index (χ4n) is 3.62. The van der Waals surface area contributed by atoms with E-state index >= 15 is 0 Å². The number of alkyl halides is 3. The van der Waals surface area contributed by atoms with Gasteiger partial charge < -0.3 is 10.1 Å². The van der Waals surface area contributed by atoms with Crippen LogP contribution in [-0.4, -0.2) is 43.5 Å². The second-order valence-corrected chi connectivity index (χ2v) is 9.92. The lowest BCUT2D eigenvalue weighted by molar-refractivity contribution is -0.137. The van der Waals surface area contributed by atoms with Gasteiger partial charge in [0.05, 0.1) is 39.4 Å². The summed E-state index contributed by atoms with van der Waals surface area (Å²) in [6.45, 7) is 1.58. The van der Waals surface area contributed by atoms with Crippen molar-refractivity contribution in [2.75, 3.05) is 11.9 Å². The number of carbonyl (C=O) groups is 1. The zero-order valence-electron chi connectivity index (χ0n) is 19.9. The number of halogens is 5. The first-order valence-corrected chi connectivity index (χ1v) is 12.6. The summed E-state index contributed by atoms with van der Waals surface area (Å²) in [4.78, 5) is 33.1. The molecular formula is C24H18ClF4N7O2S. The van der Waals surface area contributed by atoms with Crippen molar-refractivity contribution >= 4 is 34.5 Å². The van der Waals surface area contributed by atoms with Crippen LogP contribution in [0.25, 0.3) is 11.3 Å². The largest absolute Gasteiger partial charge is 0.418 e. The first-order valence-electron chi connectivity index (χ1n) is 11.4. The van der Waals surface area contributed by atoms with E-state index in [0.29, 0.717) is 26.8 Å². The molecule has 0 amide bonds. The fraction of sp³-hybridized carbons (Fsp3) is 0.250. The molecule has 0 aromatic carbocycles. The van der Waals surface area contributed by atoms with Crippen molar-refractivity contribution in [1.29, 1.82) is 0 Å². The molecule has 39 heavy (non-hydrogen) atoms. The van der Waals surface area contributed by atoms with Crippen molar-refractivity contribution in [3.8, 4) is 11.3 Å². The van der Waals surface area contributed by atoms with Gasteiger partial charge >= 0.3 is 6.18 Å². The zero-order chi connectivity index (χ0) is 27.7. The van der Waals surface area contributed by atoms with Gasteiger partial charge in [0.25, 0.3) is 0 Å². The number of nitrogens with zero attached hydrogens (tertiary/aromatic N) is 5. The molecule has 3 unspecified atom stereocenters. The zero-order valence-corrected chi connectivity index (χ0v) is 21.5. The Balaban J connectivity index is 1.16. The minimum Gasteiger partial charge on any atom is -0.363 e. The molecule has 1 saturated heterocycles. The van der Waals surface area contributed by atoms with E-state index in [4.69, 9.17) is 16.3 Å². The lowest BCUT2D eigenvalue weighted by Gasteiger charge is -2.11. The minimum atomic E-state index is -4.64. The van der Waals surface area contributed by atoms with Crippen LogP contribution in [0.4, 0.5) is 23.4 Å². The number of carbonyl (C=O) groups excluding carboxylic acids is 1. The number of pyridine rings is 2. The molecule has 3 atom stereocenters. The number of epoxide rings is 1. The number of rotatable bonds is 9. The molecule has 0 radical (unpaired) electrons. The Morgan fingerprint density at radius 2 is 1.95 bits per heavy atom. The molecule has 5 rings (SSSR count). The Morgan fingerprint density at radius 1 is 1.13 bits per heavy atom. The Hall–Kier alpha value is -3.59. The number of aromatic nitrogens is 5. The van der Waals surface area contributed by atoms with Crippen LogP contribution < -0.4 is 10.6 Å². The summed E-state index contributed by atoms with van der Waals surface area (Å²) in [6, 6.07) is 5.05. The second-order valence-electron chi connectivity index (χ2n) is 8.45. The van der Waals surface area contributed by atoms with Crippen LogP contribution >= 0.6 is 22.9 Å². The molecular weight excluding hydrogens is 562 g/mol. The van der Waals surface area contributed by atoms with Gasteiger partial charge in [-0.15, -0.1) is 11.3 Å². The molecule has 4 aromatic heterocycles. The van der Waals surface area contributed by atoms with Gasteiger partial charge in [0.1, 0.15) is 29.5 Å². The summed E-state index contributed by atoms with van der Waals surface area (Å²) in [6.07, 6.45) is -0.251. The molecule has 0 aliphatic carbocycles. The van der Waals surface area contributed by atoms with Crippen molar-refractivity contribution in [2.45, 2.75) is 31.5 Å². The maximum absolute atomic E-state index is 13.1. The average molecular weight is 580 g/mol. The SMILES string of the molecule is CC(NC1OC1c1cc(-c2ccc(F)nc2)ncn1)c1ncc(C(=O)CNc2cc(C(F)(F)F)c(Cl)cn2)s1. The number of Topliss-reactive ketones (excluding diaryl/α,β-unsaturated/α-hetero) is 1. The van der Waals surface area contributed by atoms with Gasteiger partial charge in [-0.1, -0.05) is 11.6 Å². The van der Waals surface area contributed by atoms with E-state index < -0.39 is 22.7 Å². The molecule has 4 aromatic rings. The van der Waals surface area contributed by atoms with Crippen LogP contribution in [0.3, 0.4) is 0 Å². The Labute approximate surface area is 227 Å². The summed E-state index contributed by atoms with van der Waals surface area (Å²) in [5.41, 5.74) is 0.815. The highest BCUT2D eigenvalue weighted by Crippen LogP contribution is 2.38. The van der Waals surface area contributed by atoms with Crippen LogP contribution in [-0.2, 0) is 10.9 Å². The third-order valence-electron chi connectivity index (χ3n) is 5.67. The van der Waals surface area contributed by atoms with Crippen molar-refractivity contribution < 1.29 is 27.1 Å². The van der Waals surface area contributed by atoms with E-state index in [2.05, 4.69) is 35.6 Å². The van der Waals surface area contributed by atoms with Crippen LogP contribution in [0, 0.1) is 5.95 Å². The number of ether oxygens (including phenoxy) is 1. The monoisotopic (exact) mass is 579 g/mol. The molecule has 5 heterocycles. The normalized spacial score (nSPS) is 17.6. The van der Waals surface area contributed by atoms with Gasteiger partial charge in [0.2, 0.25) is 5.95 Å². The number of hydrogen-bond donors (Lipinski definition) is 2. The summed E-state index contributed by atoms with van der Waals surface area (Å²) in [7, 11) is 0. The van der Waals surface area contributed by atoms with Gasteiger partial charge in [0, 0.05) is 24.2 Å². The summed E-state index contributed by atoms with van der Waals surface area (Å²) < 4.78 is 57.9. The Bertz CT molecular complexity index is 1500. The summed E-state index contributed by atoms with van der Waals surface area (Å²) >= 11 is 6.73. The van der Waals surface area contributed by atoms with Crippen molar-refractivity contribution in [3.63, 3.8) is 0 Å². The fourth-order valence-corrected chi connectivity index (χ4v) is 4.70. The van der Waals surface area contributed by atoms with E-state index in [0.717, 1.165) is 23.6 Å². The van der Waals surface area contributed by atoms with Crippen molar-refractivity contribution in [1.82, 2.24) is 30.2 Å². The van der Waals surface area contributed by atoms with Crippen molar-refractivity contribution in [3.05, 3.63) is 81.3 Å². The van der Waals surface area contributed by atoms with Gasteiger partial charge in [-0.05, 0) is 31.2 Å². The Morgan fingerprint density at radius 3 is 2.69 bits per heavy atom. The number of thiazole rings is 1. The highest BCUT2D eigenvalue weighted by molar-refractivity contribution is 7.13. The standard InChI is InChI=1S/C24H18ClF4N7O2S/c1-11(36-22-21(38-22)16-5-15(34-10-35-16)12-2-3-19(26)30-6-12)23-33-9-18(39-23)17(37)8-32-20-4-13(24(27,28)29)14(25)7-31-20/h2-7,9-11,21-22,36H,8H2,1H3,(H,31,32). The van der Waals surface area contributed by atoms with E-state index in [9.17, 15) is 22.4 Å². The Kier molecular flexibility index (Phi) is 7.53. The minimum absolute atomic E-state index is 0.125. The molecule has 15 heteroatoms. The van der Waals surface area contributed by atoms with Crippen LogP contribution in [0.15, 0.2) is 49.2 Å². The highest BCUT2D eigenvalue weighted by Gasteiger charge is 2.42. The van der Waals surface area contributed by atoms with Crippen molar-refractivity contribution in [2.24, 2.45) is 0 Å². The predicted molar refractivity (Wildman–Crippen MR) is 134 cm³/mol. The second kappa shape index (κ2) is 10.9. The van der Waals surface area contributed by atoms with E-state index in [1.54, 1.807) is 12.1 Å². The first-order chi connectivity index (χ1) is 18.6. The van der Waals surface area contributed by atoms with Gasteiger partial charge in [0.15, 0.2) is 5.78 Å². The first kappa shape index (κ1) is 27.0. The average Bonchev–Trinajstić information content (AvgIpc) is 3.49. The number of hydrogen-bond acceptors (Lipinski definition) is 10. The van der Waals surface area contributed by atoms with E-state index in [1.807, 2.05) is 6.92 Å². The summed E-state index contributed by atoms with van der Waals surface area (Å²) in [5, 5.41) is 5.96. The van der Waals surface area contributed by atoms with Crippen LogP contribution in [0.1, 0.15) is 45.0 Å². The third-order valence-corrected chi connectivity index (χ3v) is 7.19. The van der Waals surface area contributed by atoms with Crippen LogP contribution in [0.5, 0.6) is 0 Å². The quantitative estimate of drug-likeness (QED) is 0.119. The maximum atomic E-state index is 13.1. The lowest BCUT2D eigenvalue weighted by Crippen LogP contribution is -2.22. The van der Waals surface area contributed by atoms with Gasteiger partial charge in [-0.25, -0.2) is 24.9 Å². The molecule has 0 saturated carbocycles. The molecule has 9 nitrogen and oxygen atoms in total. The van der Waals surface area contributed by atoms with E-state index in [-0.39, 0.29) is 36.5 Å². The molecule has 1 aliphatic heterocycles. The van der Waals surface area contributed by atoms with Gasteiger partial charge in [-0.2, -0.15) is 17.6 Å². The van der Waals surface area contributed by atoms with Crippen LogP contribution in [0.2, 0.25) is 5.02 Å². The third kappa shape index (κ3) is 6.36. The molecule has 0 spiro atoms. The topological polar surface area (TPSA) is 118 Å². The maximum Gasteiger partial charge on any atom is 0.418 e. The molecule has 202 valence electrons. The molecule has 0 bridgehead atoms. The molecule has 1 fully saturated rings. The molecule has 1 aliphatic rings. The lowest BCUT2D eigenvalue weighted by atomic mass is 10.1. The summed E-state index contributed by atoms with van der Waals surface area (Å²) in [5.74, 6) is -1.07. The number of nitrogens with one attached hydrogen (secondary N) is 2. The van der Waals surface area contributed by atoms with Gasteiger partial charge in [-0.3, -0.25) is 10.1 Å². The highest BCUT2D eigenvalue weighted by atomic mass is 35.5.